The highest BCUT2D eigenvalue weighted by atomic mass is 32.1. The van der Waals surface area contributed by atoms with E-state index in [9.17, 15) is 5.11 Å². The summed E-state index contributed by atoms with van der Waals surface area (Å²) in [6.45, 7) is 3.49. The number of hydrogen-bond donors (Lipinski definition) is 1. The molecular weight excluding hydrogens is 244 g/mol. The van der Waals surface area contributed by atoms with Crippen molar-refractivity contribution < 1.29 is 9.84 Å². The molecule has 1 aliphatic rings. The second-order valence-corrected chi connectivity index (χ2v) is 5.53. The van der Waals surface area contributed by atoms with Gasteiger partial charge in [-0.1, -0.05) is 25.1 Å². The zero-order valence-corrected chi connectivity index (χ0v) is 11.2. The van der Waals surface area contributed by atoms with Gasteiger partial charge < -0.3 is 9.84 Å². The van der Waals surface area contributed by atoms with Crippen molar-refractivity contribution in [3.63, 3.8) is 0 Å². The molecule has 1 aromatic heterocycles. The first-order valence-corrected chi connectivity index (χ1v) is 7.11. The second kappa shape index (κ2) is 4.84. The molecule has 1 atom stereocenters. The van der Waals surface area contributed by atoms with E-state index in [1.807, 2.05) is 11.4 Å². The minimum atomic E-state index is -0.508. The summed E-state index contributed by atoms with van der Waals surface area (Å²) in [5.74, 6) is 0. The van der Waals surface area contributed by atoms with E-state index in [1.165, 1.54) is 16.7 Å². The molecule has 0 bridgehead atoms. The highest BCUT2D eigenvalue weighted by Gasteiger charge is 2.18. The molecule has 1 aliphatic heterocycles. The van der Waals surface area contributed by atoms with Gasteiger partial charge in [-0.3, -0.25) is 0 Å². The van der Waals surface area contributed by atoms with Crippen molar-refractivity contribution in [1.29, 1.82) is 0 Å². The second-order valence-electron chi connectivity index (χ2n) is 4.59. The van der Waals surface area contributed by atoms with Gasteiger partial charge in [-0.2, -0.15) is 0 Å². The van der Waals surface area contributed by atoms with E-state index >= 15 is 0 Å². The van der Waals surface area contributed by atoms with Crippen LogP contribution in [0.15, 0.2) is 29.6 Å². The quantitative estimate of drug-likeness (QED) is 0.916. The van der Waals surface area contributed by atoms with E-state index in [-0.39, 0.29) is 0 Å². The van der Waals surface area contributed by atoms with Crippen molar-refractivity contribution in [3.8, 4) is 0 Å². The van der Waals surface area contributed by atoms with E-state index in [1.54, 1.807) is 11.3 Å². The summed E-state index contributed by atoms with van der Waals surface area (Å²) in [5.41, 5.74) is 4.66. The number of ether oxygens (including phenoxy) is 1. The van der Waals surface area contributed by atoms with Gasteiger partial charge in [0.1, 0.15) is 6.10 Å². The molecule has 2 nitrogen and oxygen atoms in total. The Morgan fingerprint density at radius 2 is 2.11 bits per heavy atom. The molecule has 3 heteroatoms. The molecule has 0 radical (unpaired) electrons. The zero-order chi connectivity index (χ0) is 12.5. The van der Waals surface area contributed by atoms with Crippen LogP contribution in [0.5, 0.6) is 0 Å². The van der Waals surface area contributed by atoms with Gasteiger partial charge in [0.25, 0.3) is 0 Å². The van der Waals surface area contributed by atoms with Crippen LogP contribution in [0.3, 0.4) is 0 Å². The van der Waals surface area contributed by atoms with Crippen LogP contribution in [0.4, 0.5) is 0 Å². The third kappa shape index (κ3) is 1.99. The Balaban J connectivity index is 1.95. The number of aliphatic hydroxyl groups excluding tert-OH is 1. The molecule has 94 valence electrons. The predicted octanol–water partition coefficient (Wildman–Crippen LogP) is 3.42. The Morgan fingerprint density at radius 1 is 1.28 bits per heavy atom. The third-order valence-corrected chi connectivity index (χ3v) is 4.48. The molecule has 2 heterocycles. The third-order valence-electron chi connectivity index (χ3n) is 3.47. The van der Waals surface area contributed by atoms with Crippen LogP contribution in [0, 0.1) is 0 Å². The number of rotatable bonds is 3. The topological polar surface area (TPSA) is 29.5 Å². The predicted molar refractivity (Wildman–Crippen MR) is 72.7 cm³/mol. The fourth-order valence-electron chi connectivity index (χ4n) is 2.39. The van der Waals surface area contributed by atoms with Gasteiger partial charge in [-0.25, -0.2) is 0 Å². The first-order valence-electron chi connectivity index (χ1n) is 6.23. The molecule has 1 aromatic carbocycles. The van der Waals surface area contributed by atoms with Crippen LogP contribution in [0.25, 0.3) is 0 Å². The van der Waals surface area contributed by atoms with Crippen LogP contribution in [0.1, 0.15) is 40.2 Å². The average molecular weight is 260 g/mol. The monoisotopic (exact) mass is 260 g/mol. The van der Waals surface area contributed by atoms with Crippen LogP contribution in [0.2, 0.25) is 0 Å². The van der Waals surface area contributed by atoms with E-state index in [4.69, 9.17) is 4.74 Å². The lowest BCUT2D eigenvalue weighted by Crippen LogP contribution is -2.01. The molecule has 2 aromatic rings. The van der Waals surface area contributed by atoms with Crippen LogP contribution >= 0.6 is 11.3 Å². The molecule has 0 amide bonds. The van der Waals surface area contributed by atoms with E-state index in [0.717, 1.165) is 16.9 Å². The number of fused-ring (bicyclic) bond motifs is 1. The fraction of sp³-hybridized carbons (Fsp3) is 0.333. The molecule has 18 heavy (non-hydrogen) atoms. The number of aliphatic hydroxyl groups is 1. The molecule has 3 rings (SSSR count). The molecule has 0 saturated heterocycles. The van der Waals surface area contributed by atoms with Gasteiger partial charge in [-0.15, -0.1) is 11.3 Å². The maximum atomic E-state index is 10.5. The summed E-state index contributed by atoms with van der Waals surface area (Å²) >= 11 is 1.63. The molecule has 0 spiro atoms. The molecule has 0 fully saturated rings. The normalized spacial score (nSPS) is 15.7. The van der Waals surface area contributed by atoms with Crippen molar-refractivity contribution >= 4 is 11.3 Å². The molecule has 1 unspecified atom stereocenters. The zero-order valence-electron chi connectivity index (χ0n) is 10.3. The van der Waals surface area contributed by atoms with Crippen molar-refractivity contribution in [3.05, 3.63) is 56.8 Å². The van der Waals surface area contributed by atoms with Crippen molar-refractivity contribution in [2.75, 3.05) is 0 Å². The summed E-state index contributed by atoms with van der Waals surface area (Å²) in [4.78, 5) is 1.07. The Morgan fingerprint density at radius 3 is 2.94 bits per heavy atom. The smallest absolute Gasteiger partial charge is 0.113 e. The molecular formula is C15H16O2S. The largest absolute Gasteiger partial charge is 0.383 e. The SMILES string of the molecule is CCc1ccsc1C(O)c1ccc2c(c1)COC2. The van der Waals surface area contributed by atoms with Crippen molar-refractivity contribution in [2.45, 2.75) is 32.7 Å². The molecule has 0 aliphatic carbocycles. The summed E-state index contributed by atoms with van der Waals surface area (Å²) in [5, 5.41) is 12.5. The summed E-state index contributed by atoms with van der Waals surface area (Å²) in [6.07, 6.45) is 0.454. The Kier molecular flexibility index (Phi) is 3.20. The van der Waals surface area contributed by atoms with Gasteiger partial charge in [0.2, 0.25) is 0 Å². The maximum absolute atomic E-state index is 10.5. The number of aryl methyl sites for hydroxylation is 1. The van der Waals surface area contributed by atoms with Gasteiger partial charge in [0.05, 0.1) is 13.2 Å². The maximum Gasteiger partial charge on any atom is 0.113 e. The van der Waals surface area contributed by atoms with E-state index in [2.05, 4.69) is 25.1 Å². The first-order chi connectivity index (χ1) is 8.79. The number of benzene rings is 1. The van der Waals surface area contributed by atoms with Gasteiger partial charge in [-0.05, 0) is 40.1 Å². The van der Waals surface area contributed by atoms with E-state index in [0.29, 0.717) is 13.2 Å². The Bertz CT molecular complexity index is 559. The molecule has 0 saturated carbocycles. The van der Waals surface area contributed by atoms with Crippen LogP contribution in [-0.4, -0.2) is 5.11 Å². The van der Waals surface area contributed by atoms with E-state index < -0.39 is 6.10 Å². The Hall–Kier alpha value is -1.16. The van der Waals surface area contributed by atoms with Gasteiger partial charge in [0.15, 0.2) is 0 Å². The lowest BCUT2D eigenvalue weighted by molar-refractivity contribution is 0.134. The van der Waals surface area contributed by atoms with Crippen molar-refractivity contribution in [2.24, 2.45) is 0 Å². The fourth-order valence-corrected chi connectivity index (χ4v) is 3.40. The minimum Gasteiger partial charge on any atom is -0.383 e. The lowest BCUT2D eigenvalue weighted by Gasteiger charge is -2.12. The van der Waals surface area contributed by atoms with Crippen LogP contribution < -0.4 is 0 Å². The highest BCUT2D eigenvalue weighted by Crippen LogP contribution is 2.32. The number of hydrogen-bond acceptors (Lipinski definition) is 3. The minimum absolute atomic E-state index is 0.508. The highest BCUT2D eigenvalue weighted by molar-refractivity contribution is 7.10. The van der Waals surface area contributed by atoms with Gasteiger partial charge in [0, 0.05) is 4.88 Å². The first kappa shape index (κ1) is 11.9. The standard InChI is InChI=1S/C15H16O2S/c1-2-10-5-6-18-15(10)14(16)11-3-4-12-8-17-9-13(12)7-11/h3-7,14,16H,2,8-9H2,1H3. The lowest BCUT2D eigenvalue weighted by atomic mass is 10.00. The Labute approximate surface area is 111 Å². The molecule has 1 N–H and O–H groups in total. The average Bonchev–Trinajstić information content (AvgIpc) is 3.05. The number of thiophene rings is 1. The summed E-state index contributed by atoms with van der Waals surface area (Å²) in [6, 6.07) is 8.25. The van der Waals surface area contributed by atoms with Crippen molar-refractivity contribution in [1.82, 2.24) is 0 Å². The van der Waals surface area contributed by atoms with Gasteiger partial charge >= 0.3 is 0 Å². The summed E-state index contributed by atoms with van der Waals surface area (Å²) in [7, 11) is 0. The van der Waals surface area contributed by atoms with Crippen LogP contribution in [-0.2, 0) is 24.4 Å². The summed E-state index contributed by atoms with van der Waals surface area (Å²) < 4.78 is 5.41.